The molecule has 0 bridgehead atoms. The molecule has 1 aromatic heterocycles. The van der Waals surface area contributed by atoms with Gasteiger partial charge in [0, 0.05) is 17.1 Å². The fourth-order valence-electron chi connectivity index (χ4n) is 2.35. The number of hydrogen-bond acceptors (Lipinski definition) is 6. The highest BCUT2D eigenvalue weighted by Crippen LogP contribution is 2.30. The fraction of sp³-hybridized carbons (Fsp3) is 0.111. The normalized spacial score (nSPS) is 10.6. The Hall–Kier alpha value is -2.75. The summed E-state index contributed by atoms with van der Waals surface area (Å²) in [5.41, 5.74) is 1.48. The van der Waals surface area contributed by atoms with Gasteiger partial charge in [-0.2, -0.15) is 0 Å². The van der Waals surface area contributed by atoms with Gasteiger partial charge >= 0.3 is 6.03 Å². The molecule has 0 saturated carbocycles. The lowest BCUT2D eigenvalue weighted by atomic mass is 10.2. The summed E-state index contributed by atoms with van der Waals surface area (Å²) in [6.07, 6.45) is 0. The summed E-state index contributed by atoms with van der Waals surface area (Å²) >= 11 is 13.1. The van der Waals surface area contributed by atoms with E-state index in [0.29, 0.717) is 33.1 Å². The smallest absolute Gasteiger partial charge is 0.321 e. The van der Waals surface area contributed by atoms with E-state index in [0.717, 1.165) is 17.3 Å². The van der Waals surface area contributed by atoms with Crippen LogP contribution in [-0.2, 0) is 11.3 Å². The van der Waals surface area contributed by atoms with Crippen LogP contribution in [0.3, 0.4) is 0 Å². The molecule has 0 aliphatic carbocycles. The number of carbonyl (C=O) groups is 2. The van der Waals surface area contributed by atoms with Crippen molar-refractivity contribution in [3.8, 4) is 11.4 Å². The molecule has 0 spiro atoms. The van der Waals surface area contributed by atoms with Crippen LogP contribution in [0, 0.1) is 0 Å². The van der Waals surface area contributed by atoms with Gasteiger partial charge in [0.15, 0.2) is 5.82 Å². The summed E-state index contributed by atoms with van der Waals surface area (Å²) in [7, 11) is 0. The first-order chi connectivity index (χ1) is 13.9. The van der Waals surface area contributed by atoms with Crippen LogP contribution in [0.5, 0.6) is 0 Å². The van der Waals surface area contributed by atoms with E-state index in [1.165, 1.54) is 4.68 Å². The van der Waals surface area contributed by atoms with Crippen molar-refractivity contribution in [3.63, 3.8) is 0 Å². The topological polar surface area (TPSA) is 115 Å². The largest absolute Gasteiger partial charge is 0.335 e. The zero-order valence-corrected chi connectivity index (χ0v) is 17.3. The predicted molar refractivity (Wildman–Crippen MR) is 113 cm³/mol. The number of amides is 3. The van der Waals surface area contributed by atoms with Crippen LogP contribution < -0.4 is 16.5 Å². The second kappa shape index (κ2) is 9.64. The van der Waals surface area contributed by atoms with Gasteiger partial charge in [0.25, 0.3) is 0 Å². The number of nitrogens with one attached hydrogen (secondary N) is 2. The molecule has 11 heteroatoms. The highest BCUT2D eigenvalue weighted by molar-refractivity contribution is 7.99. The van der Waals surface area contributed by atoms with Gasteiger partial charge in [-0.25, -0.2) is 9.47 Å². The number of imide groups is 1. The third-order valence-electron chi connectivity index (χ3n) is 3.72. The zero-order chi connectivity index (χ0) is 20.8. The lowest BCUT2D eigenvalue weighted by Crippen LogP contribution is -2.40. The molecule has 0 aliphatic rings. The number of carbonyl (C=O) groups excluding carboxylic acids is 2. The number of thioether (sulfide) groups is 1. The van der Waals surface area contributed by atoms with Crippen molar-refractivity contribution < 1.29 is 9.59 Å². The van der Waals surface area contributed by atoms with E-state index in [1.807, 2.05) is 30.3 Å². The Bertz CT molecular complexity index is 1030. The standard InChI is InChI=1S/C18H16Cl2N6O2S/c19-12-6-7-13(14(20)8-12)16-24-25-18(26(16)21)29-10-15(27)23-17(28)22-9-11-4-2-1-3-5-11/h1-8H,9-10,21H2,(H2,22,23,27,28). The molecule has 3 rings (SSSR count). The van der Waals surface area contributed by atoms with Gasteiger partial charge in [-0.3, -0.25) is 10.1 Å². The van der Waals surface area contributed by atoms with Gasteiger partial charge in [-0.05, 0) is 23.8 Å². The van der Waals surface area contributed by atoms with Crippen molar-refractivity contribution in [1.82, 2.24) is 25.5 Å². The molecule has 0 aliphatic heterocycles. The SMILES string of the molecule is Nn1c(SCC(=O)NC(=O)NCc2ccccc2)nnc1-c1ccc(Cl)cc1Cl. The minimum Gasteiger partial charge on any atom is -0.335 e. The van der Waals surface area contributed by atoms with Gasteiger partial charge in [0.1, 0.15) is 0 Å². The molecule has 8 nitrogen and oxygen atoms in total. The number of halogens is 2. The van der Waals surface area contributed by atoms with Crippen molar-refractivity contribution in [3.05, 3.63) is 64.1 Å². The van der Waals surface area contributed by atoms with Gasteiger partial charge in [0.05, 0.1) is 10.8 Å². The lowest BCUT2D eigenvalue weighted by Gasteiger charge is -2.07. The van der Waals surface area contributed by atoms with Crippen LogP contribution in [0.25, 0.3) is 11.4 Å². The van der Waals surface area contributed by atoms with Crippen LogP contribution in [-0.4, -0.2) is 32.6 Å². The molecular formula is C18H16Cl2N6O2S. The minimum atomic E-state index is -0.581. The number of aromatic nitrogens is 3. The molecule has 0 unspecified atom stereocenters. The van der Waals surface area contributed by atoms with E-state index >= 15 is 0 Å². The number of nitrogens with zero attached hydrogens (tertiary/aromatic N) is 3. The van der Waals surface area contributed by atoms with Crippen LogP contribution in [0.2, 0.25) is 10.0 Å². The second-order valence-electron chi connectivity index (χ2n) is 5.81. The van der Waals surface area contributed by atoms with E-state index in [1.54, 1.807) is 18.2 Å². The Morgan fingerprint density at radius 3 is 2.59 bits per heavy atom. The molecule has 4 N–H and O–H groups in total. The van der Waals surface area contributed by atoms with Crippen LogP contribution in [0.4, 0.5) is 4.79 Å². The van der Waals surface area contributed by atoms with Gasteiger partial charge in [-0.15, -0.1) is 10.2 Å². The number of benzene rings is 2. The van der Waals surface area contributed by atoms with Crippen LogP contribution in [0.1, 0.15) is 5.56 Å². The first kappa shape index (κ1) is 21.0. The van der Waals surface area contributed by atoms with E-state index in [2.05, 4.69) is 20.8 Å². The zero-order valence-electron chi connectivity index (χ0n) is 14.9. The van der Waals surface area contributed by atoms with Crippen molar-refractivity contribution in [1.29, 1.82) is 0 Å². The molecule has 2 aromatic carbocycles. The molecule has 150 valence electrons. The van der Waals surface area contributed by atoms with Crippen LogP contribution >= 0.6 is 35.0 Å². The van der Waals surface area contributed by atoms with Crippen molar-refractivity contribution in [2.45, 2.75) is 11.7 Å². The number of rotatable bonds is 6. The molecule has 0 atom stereocenters. The lowest BCUT2D eigenvalue weighted by molar-refractivity contribution is -0.117. The highest BCUT2D eigenvalue weighted by atomic mass is 35.5. The monoisotopic (exact) mass is 450 g/mol. The Kier molecular flexibility index (Phi) is 6.97. The average molecular weight is 451 g/mol. The number of nitrogen functional groups attached to an aromatic ring is 1. The van der Waals surface area contributed by atoms with E-state index in [4.69, 9.17) is 29.0 Å². The Labute approximate surface area is 180 Å². The number of urea groups is 1. The second-order valence-corrected chi connectivity index (χ2v) is 7.59. The summed E-state index contributed by atoms with van der Waals surface area (Å²) in [5.74, 6) is 5.78. The molecule has 0 fully saturated rings. The van der Waals surface area contributed by atoms with Crippen molar-refractivity contribution >= 4 is 46.9 Å². The minimum absolute atomic E-state index is 0.0670. The molecule has 1 heterocycles. The van der Waals surface area contributed by atoms with Gasteiger partial charge in [0.2, 0.25) is 11.1 Å². The number of hydrogen-bond donors (Lipinski definition) is 3. The summed E-state index contributed by atoms with van der Waals surface area (Å²) < 4.78 is 1.22. The first-order valence-electron chi connectivity index (χ1n) is 8.34. The molecule has 3 aromatic rings. The summed E-state index contributed by atoms with van der Waals surface area (Å²) in [4.78, 5) is 23.8. The number of nitrogens with two attached hydrogens (primary N) is 1. The Balaban J connectivity index is 1.53. The van der Waals surface area contributed by atoms with E-state index in [-0.39, 0.29) is 5.75 Å². The maximum Gasteiger partial charge on any atom is 0.321 e. The summed E-state index contributed by atoms with van der Waals surface area (Å²) in [5, 5.41) is 14.0. The quantitative estimate of drug-likeness (QED) is 0.392. The summed E-state index contributed by atoms with van der Waals surface area (Å²) in [6, 6.07) is 13.7. The first-order valence-corrected chi connectivity index (χ1v) is 10.1. The van der Waals surface area contributed by atoms with Gasteiger partial charge in [-0.1, -0.05) is 65.3 Å². The van der Waals surface area contributed by atoms with E-state index < -0.39 is 11.9 Å². The predicted octanol–water partition coefficient (Wildman–Crippen LogP) is 3.08. The van der Waals surface area contributed by atoms with E-state index in [9.17, 15) is 9.59 Å². The van der Waals surface area contributed by atoms with Crippen molar-refractivity contribution in [2.24, 2.45) is 0 Å². The third kappa shape index (κ3) is 5.63. The summed E-state index contributed by atoms with van der Waals surface area (Å²) in [6.45, 7) is 0.315. The Morgan fingerprint density at radius 1 is 1.10 bits per heavy atom. The highest BCUT2D eigenvalue weighted by Gasteiger charge is 2.17. The van der Waals surface area contributed by atoms with Gasteiger partial charge < -0.3 is 11.2 Å². The molecular weight excluding hydrogens is 435 g/mol. The maximum absolute atomic E-state index is 12.0. The molecule has 0 radical (unpaired) electrons. The molecule has 29 heavy (non-hydrogen) atoms. The van der Waals surface area contributed by atoms with Crippen LogP contribution in [0.15, 0.2) is 53.7 Å². The Morgan fingerprint density at radius 2 is 1.86 bits per heavy atom. The maximum atomic E-state index is 12.0. The van der Waals surface area contributed by atoms with Crippen molar-refractivity contribution in [2.75, 3.05) is 11.6 Å². The molecule has 0 saturated heterocycles. The third-order valence-corrected chi connectivity index (χ3v) is 5.21. The average Bonchev–Trinajstić information content (AvgIpc) is 3.06. The molecule has 3 amide bonds. The fourth-order valence-corrected chi connectivity index (χ4v) is 3.49.